The van der Waals surface area contributed by atoms with E-state index in [0.717, 1.165) is 10.0 Å². The first-order chi connectivity index (χ1) is 9.60. The normalized spacial score (nSPS) is 10.3. The van der Waals surface area contributed by atoms with Crippen LogP contribution in [0.15, 0.2) is 46.9 Å². The molecular formula is C15H13BrO4. The summed E-state index contributed by atoms with van der Waals surface area (Å²) in [5, 5.41) is 18.1. The van der Waals surface area contributed by atoms with Gasteiger partial charge >= 0.3 is 5.97 Å². The molecule has 0 aromatic heterocycles. The summed E-state index contributed by atoms with van der Waals surface area (Å²) in [6.07, 6.45) is 0. The van der Waals surface area contributed by atoms with Crippen LogP contribution in [0.5, 0.6) is 5.75 Å². The molecule has 0 aliphatic rings. The topological polar surface area (TPSA) is 66.8 Å². The van der Waals surface area contributed by atoms with Crippen molar-refractivity contribution in [2.24, 2.45) is 0 Å². The van der Waals surface area contributed by atoms with Gasteiger partial charge in [-0.3, -0.25) is 0 Å². The number of aromatic carboxylic acids is 1. The lowest BCUT2D eigenvalue weighted by Gasteiger charge is -2.10. The van der Waals surface area contributed by atoms with Gasteiger partial charge in [-0.1, -0.05) is 28.1 Å². The van der Waals surface area contributed by atoms with Gasteiger partial charge in [0, 0.05) is 10.0 Å². The van der Waals surface area contributed by atoms with E-state index in [-0.39, 0.29) is 12.2 Å². The van der Waals surface area contributed by atoms with E-state index < -0.39 is 5.97 Å². The Kier molecular flexibility index (Phi) is 4.76. The Morgan fingerprint density at radius 3 is 2.45 bits per heavy atom. The van der Waals surface area contributed by atoms with Crippen LogP contribution in [0.1, 0.15) is 21.5 Å². The van der Waals surface area contributed by atoms with Gasteiger partial charge in [-0.2, -0.15) is 0 Å². The highest BCUT2D eigenvalue weighted by molar-refractivity contribution is 9.10. The molecule has 0 heterocycles. The van der Waals surface area contributed by atoms with Crippen molar-refractivity contribution in [3.05, 3.63) is 63.6 Å². The predicted octanol–water partition coefficient (Wildman–Crippen LogP) is 3.22. The molecule has 104 valence electrons. The number of aliphatic hydroxyl groups is 1. The van der Waals surface area contributed by atoms with Crippen LogP contribution in [0, 0.1) is 0 Å². The molecule has 0 saturated heterocycles. The fourth-order valence-corrected chi connectivity index (χ4v) is 2.13. The second-order valence-corrected chi connectivity index (χ2v) is 5.12. The molecule has 20 heavy (non-hydrogen) atoms. The van der Waals surface area contributed by atoms with E-state index in [1.165, 1.54) is 12.1 Å². The number of halogens is 1. The van der Waals surface area contributed by atoms with Crippen LogP contribution in [0.3, 0.4) is 0 Å². The molecule has 0 aliphatic heterocycles. The maximum Gasteiger partial charge on any atom is 0.335 e. The number of hydrogen-bond acceptors (Lipinski definition) is 3. The number of carboxylic acid groups (broad SMARTS) is 1. The fourth-order valence-electron chi connectivity index (χ4n) is 1.72. The smallest absolute Gasteiger partial charge is 0.335 e. The van der Waals surface area contributed by atoms with Crippen molar-refractivity contribution in [3.63, 3.8) is 0 Å². The maximum absolute atomic E-state index is 10.7. The van der Waals surface area contributed by atoms with E-state index in [4.69, 9.17) is 9.84 Å². The largest absolute Gasteiger partial charge is 0.489 e. The lowest BCUT2D eigenvalue weighted by molar-refractivity contribution is 0.0697. The number of hydrogen-bond donors (Lipinski definition) is 2. The maximum atomic E-state index is 10.7. The van der Waals surface area contributed by atoms with Gasteiger partial charge in [-0.15, -0.1) is 0 Å². The van der Waals surface area contributed by atoms with Gasteiger partial charge in [0.2, 0.25) is 0 Å². The van der Waals surface area contributed by atoms with Gasteiger partial charge in [0.1, 0.15) is 12.4 Å². The SMILES string of the molecule is O=C(O)c1ccc(COc2ccc(Br)cc2CO)cc1. The number of carboxylic acids is 1. The van der Waals surface area contributed by atoms with Crippen molar-refractivity contribution < 1.29 is 19.7 Å². The minimum absolute atomic E-state index is 0.104. The van der Waals surface area contributed by atoms with Gasteiger partial charge in [0.05, 0.1) is 12.2 Å². The summed E-state index contributed by atoms with van der Waals surface area (Å²) in [5.41, 5.74) is 1.80. The summed E-state index contributed by atoms with van der Waals surface area (Å²) in [6, 6.07) is 11.9. The van der Waals surface area contributed by atoms with Gasteiger partial charge in [-0.25, -0.2) is 4.79 Å². The standard InChI is InChI=1S/C15H13BrO4/c16-13-5-6-14(12(7-13)8-17)20-9-10-1-3-11(4-2-10)15(18)19/h1-7,17H,8-9H2,(H,18,19). The van der Waals surface area contributed by atoms with E-state index >= 15 is 0 Å². The lowest BCUT2D eigenvalue weighted by Crippen LogP contribution is -2.00. The summed E-state index contributed by atoms with van der Waals surface area (Å²) >= 11 is 3.33. The van der Waals surface area contributed by atoms with Crippen LogP contribution in [-0.2, 0) is 13.2 Å². The van der Waals surface area contributed by atoms with E-state index in [0.29, 0.717) is 17.9 Å². The molecule has 2 N–H and O–H groups in total. The highest BCUT2D eigenvalue weighted by Crippen LogP contribution is 2.24. The van der Waals surface area contributed by atoms with Crippen LogP contribution in [-0.4, -0.2) is 16.2 Å². The zero-order chi connectivity index (χ0) is 14.5. The fraction of sp³-hybridized carbons (Fsp3) is 0.133. The zero-order valence-electron chi connectivity index (χ0n) is 10.5. The first-order valence-corrected chi connectivity index (χ1v) is 6.74. The second-order valence-electron chi connectivity index (χ2n) is 4.20. The highest BCUT2D eigenvalue weighted by Gasteiger charge is 2.05. The van der Waals surface area contributed by atoms with Crippen molar-refractivity contribution in [1.82, 2.24) is 0 Å². The third-order valence-corrected chi connectivity index (χ3v) is 3.28. The molecular weight excluding hydrogens is 324 g/mol. The molecule has 0 saturated carbocycles. The van der Waals surface area contributed by atoms with Crippen LogP contribution in [0.4, 0.5) is 0 Å². The van der Waals surface area contributed by atoms with E-state index in [1.54, 1.807) is 24.3 Å². The molecule has 0 atom stereocenters. The van der Waals surface area contributed by atoms with Crippen LogP contribution in [0.25, 0.3) is 0 Å². The Morgan fingerprint density at radius 1 is 1.15 bits per heavy atom. The quantitative estimate of drug-likeness (QED) is 0.879. The van der Waals surface area contributed by atoms with Crippen molar-refractivity contribution in [2.75, 3.05) is 0 Å². The van der Waals surface area contributed by atoms with E-state index in [9.17, 15) is 9.90 Å². The first-order valence-electron chi connectivity index (χ1n) is 5.94. The number of aliphatic hydroxyl groups excluding tert-OH is 1. The summed E-state index contributed by atoms with van der Waals surface area (Å²) < 4.78 is 6.52. The summed E-state index contributed by atoms with van der Waals surface area (Å²) in [7, 11) is 0. The van der Waals surface area contributed by atoms with Gasteiger partial charge < -0.3 is 14.9 Å². The minimum atomic E-state index is -0.951. The molecule has 0 fully saturated rings. The molecule has 0 spiro atoms. The van der Waals surface area contributed by atoms with Crippen LogP contribution < -0.4 is 4.74 Å². The van der Waals surface area contributed by atoms with Crippen LogP contribution >= 0.6 is 15.9 Å². The summed E-state index contributed by atoms with van der Waals surface area (Å²) in [6.45, 7) is 0.210. The lowest BCUT2D eigenvalue weighted by atomic mass is 10.1. The van der Waals surface area contributed by atoms with Crippen molar-refractivity contribution in [2.45, 2.75) is 13.2 Å². The number of benzene rings is 2. The molecule has 0 bridgehead atoms. The number of ether oxygens (including phenoxy) is 1. The Bertz CT molecular complexity index is 608. The van der Waals surface area contributed by atoms with Crippen LogP contribution in [0.2, 0.25) is 0 Å². The Hall–Kier alpha value is -1.85. The molecule has 0 amide bonds. The van der Waals surface area contributed by atoms with Crippen molar-refractivity contribution in [3.8, 4) is 5.75 Å². The average Bonchev–Trinajstić information content (AvgIpc) is 2.46. The molecule has 2 aromatic rings. The number of rotatable bonds is 5. The molecule has 4 nitrogen and oxygen atoms in total. The molecule has 0 radical (unpaired) electrons. The third-order valence-electron chi connectivity index (χ3n) is 2.79. The van der Waals surface area contributed by atoms with Gasteiger partial charge in [-0.05, 0) is 35.9 Å². The molecule has 0 aliphatic carbocycles. The molecule has 5 heteroatoms. The van der Waals surface area contributed by atoms with Crippen molar-refractivity contribution >= 4 is 21.9 Å². The Balaban J connectivity index is 2.06. The first kappa shape index (κ1) is 14.6. The molecule has 2 aromatic carbocycles. The Morgan fingerprint density at radius 2 is 1.85 bits per heavy atom. The Labute approximate surface area is 124 Å². The van der Waals surface area contributed by atoms with E-state index in [1.807, 2.05) is 6.07 Å². The minimum Gasteiger partial charge on any atom is -0.489 e. The van der Waals surface area contributed by atoms with Crippen molar-refractivity contribution in [1.29, 1.82) is 0 Å². The summed E-state index contributed by atoms with van der Waals surface area (Å²) in [5.74, 6) is -0.342. The summed E-state index contributed by atoms with van der Waals surface area (Å²) in [4.78, 5) is 10.7. The van der Waals surface area contributed by atoms with Gasteiger partial charge in [0.25, 0.3) is 0 Å². The zero-order valence-corrected chi connectivity index (χ0v) is 12.1. The van der Waals surface area contributed by atoms with E-state index in [2.05, 4.69) is 15.9 Å². The third kappa shape index (κ3) is 3.59. The predicted molar refractivity (Wildman–Crippen MR) is 77.8 cm³/mol. The number of carbonyl (C=O) groups is 1. The second kappa shape index (κ2) is 6.54. The monoisotopic (exact) mass is 336 g/mol. The van der Waals surface area contributed by atoms with Gasteiger partial charge in [0.15, 0.2) is 0 Å². The molecule has 0 unspecified atom stereocenters. The molecule has 2 rings (SSSR count). The average molecular weight is 337 g/mol. The highest BCUT2D eigenvalue weighted by atomic mass is 79.9.